The predicted octanol–water partition coefficient (Wildman–Crippen LogP) is 2.84. The third-order valence-corrected chi connectivity index (χ3v) is 4.66. The zero-order chi connectivity index (χ0) is 14.1. The highest BCUT2D eigenvalue weighted by molar-refractivity contribution is 7.09. The molecular weight excluding hydrogens is 270 g/mol. The number of rotatable bonds is 3. The van der Waals surface area contributed by atoms with E-state index < -0.39 is 0 Å². The van der Waals surface area contributed by atoms with Crippen molar-refractivity contribution >= 4 is 22.9 Å². The van der Waals surface area contributed by atoms with Crippen LogP contribution in [-0.2, 0) is 4.79 Å². The summed E-state index contributed by atoms with van der Waals surface area (Å²) in [4.78, 5) is 16.8. The van der Waals surface area contributed by atoms with Crippen LogP contribution in [0.4, 0.5) is 5.69 Å². The number of hydrogen-bond donors (Lipinski definition) is 2. The van der Waals surface area contributed by atoms with Gasteiger partial charge >= 0.3 is 0 Å². The Labute approximate surface area is 122 Å². The molecule has 2 atom stereocenters. The first-order valence-corrected chi connectivity index (χ1v) is 7.58. The fraction of sp³-hybridized carbons (Fsp3) is 0.333. The summed E-state index contributed by atoms with van der Waals surface area (Å²) in [5.74, 6) is -0.0579. The van der Waals surface area contributed by atoms with Crippen LogP contribution in [0.2, 0.25) is 0 Å². The van der Waals surface area contributed by atoms with Gasteiger partial charge in [-0.1, -0.05) is 18.2 Å². The molecule has 3 rings (SSSR count). The lowest BCUT2D eigenvalue weighted by atomic mass is 10.0. The van der Waals surface area contributed by atoms with Crippen molar-refractivity contribution < 1.29 is 4.79 Å². The lowest BCUT2D eigenvalue weighted by Crippen LogP contribution is -2.32. The smallest absolute Gasteiger partial charge is 0.229 e. The number of para-hydroxylation sites is 1. The number of aromatic nitrogens is 1. The minimum atomic E-state index is -0.116. The van der Waals surface area contributed by atoms with Gasteiger partial charge in [-0.3, -0.25) is 4.79 Å². The number of nitrogens with one attached hydrogen (secondary N) is 2. The zero-order valence-electron chi connectivity index (χ0n) is 11.5. The van der Waals surface area contributed by atoms with Gasteiger partial charge in [0.25, 0.3) is 0 Å². The monoisotopic (exact) mass is 287 g/mol. The van der Waals surface area contributed by atoms with E-state index in [2.05, 4.69) is 15.6 Å². The molecule has 5 heteroatoms. The SMILES string of the molecule is Cc1csc(C(C)NC(=O)C2CNc3ccccc32)n1. The Bertz CT molecular complexity index is 638. The van der Waals surface area contributed by atoms with Crippen molar-refractivity contribution in [3.63, 3.8) is 0 Å². The average Bonchev–Trinajstić information content (AvgIpc) is 3.04. The number of benzene rings is 1. The van der Waals surface area contributed by atoms with E-state index in [0.717, 1.165) is 22.0 Å². The standard InChI is InChI=1S/C15H17N3OS/c1-9-8-20-15(17-9)10(2)18-14(19)12-7-16-13-6-4-3-5-11(12)13/h3-6,8,10,12,16H,7H2,1-2H3,(H,18,19). The number of fused-ring (bicyclic) bond motifs is 1. The Morgan fingerprint density at radius 1 is 1.50 bits per heavy atom. The molecule has 0 bridgehead atoms. The van der Waals surface area contributed by atoms with E-state index in [1.807, 2.05) is 43.5 Å². The minimum absolute atomic E-state index is 0.0473. The summed E-state index contributed by atoms with van der Waals surface area (Å²) < 4.78 is 0. The van der Waals surface area contributed by atoms with Crippen LogP contribution in [0.25, 0.3) is 0 Å². The topological polar surface area (TPSA) is 54.0 Å². The van der Waals surface area contributed by atoms with Crippen LogP contribution >= 0.6 is 11.3 Å². The van der Waals surface area contributed by atoms with E-state index in [4.69, 9.17) is 0 Å². The number of hydrogen-bond acceptors (Lipinski definition) is 4. The van der Waals surface area contributed by atoms with Gasteiger partial charge in [-0.2, -0.15) is 0 Å². The second-order valence-corrected chi connectivity index (χ2v) is 5.97. The second kappa shape index (κ2) is 5.25. The van der Waals surface area contributed by atoms with Gasteiger partial charge in [0.05, 0.1) is 12.0 Å². The molecule has 2 unspecified atom stereocenters. The molecule has 104 valence electrons. The van der Waals surface area contributed by atoms with Gasteiger partial charge in [0, 0.05) is 23.3 Å². The molecule has 20 heavy (non-hydrogen) atoms. The van der Waals surface area contributed by atoms with Crippen LogP contribution < -0.4 is 10.6 Å². The Morgan fingerprint density at radius 2 is 2.30 bits per heavy atom. The molecule has 1 amide bonds. The molecule has 0 spiro atoms. The molecule has 1 aromatic carbocycles. The maximum Gasteiger partial charge on any atom is 0.229 e. The van der Waals surface area contributed by atoms with E-state index in [9.17, 15) is 4.79 Å². The third-order valence-electron chi connectivity index (χ3n) is 3.52. The zero-order valence-corrected chi connectivity index (χ0v) is 12.3. The van der Waals surface area contributed by atoms with Gasteiger partial charge in [-0.05, 0) is 25.5 Å². The van der Waals surface area contributed by atoms with Gasteiger partial charge in [0.1, 0.15) is 5.01 Å². The normalized spacial score (nSPS) is 18.2. The highest BCUT2D eigenvalue weighted by atomic mass is 32.1. The number of anilines is 1. The number of carbonyl (C=O) groups is 1. The molecule has 2 N–H and O–H groups in total. The van der Waals surface area contributed by atoms with Gasteiger partial charge in [-0.25, -0.2) is 4.98 Å². The molecule has 0 aliphatic carbocycles. The molecule has 0 radical (unpaired) electrons. The second-order valence-electron chi connectivity index (χ2n) is 5.08. The molecule has 2 heterocycles. The third kappa shape index (κ3) is 2.41. The van der Waals surface area contributed by atoms with E-state index in [1.165, 1.54) is 0 Å². The fourth-order valence-electron chi connectivity index (χ4n) is 2.46. The molecule has 0 saturated carbocycles. The van der Waals surface area contributed by atoms with Gasteiger partial charge < -0.3 is 10.6 Å². The lowest BCUT2D eigenvalue weighted by Gasteiger charge is -2.15. The van der Waals surface area contributed by atoms with Crippen molar-refractivity contribution in [2.75, 3.05) is 11.9 Å². The molecule has 4 nitrogen and oxygen atoms in total. The predicted molar refractivity (Wildman–Crippen MR) is 81.1 cm³/mol. The Hall–Kier alpha value is -1.88. The number of nitrogens with zero attached hydrogens (tertiary/aromatic N) is 1. The average molecular weight is 287 g/mol. The number of aryl methyl sites for hydroxylation is 1. The first-order chi connectivity index (χ1) is 9.65. The highest BCUT2D eigenvalue weighted by Crippen LogP contribution is 2.31. The van der Waals surface area contributed by atoms with Gasteiger partial charge in [0.15, 0.2) is 0 Å². The summed E-state index contributed by atoms with van der Waals surface area (Å²) >= 11 is 1.59. The first kappa shape index (κ1) is 13.1. The van der Waals surface area contributed by atoms with Gasteiger partial charge in [0.2, 0.25) is 5.91 Å². The van der Waals surface area contributed by atoms with Crippen LogP contribution in [0, 0.1) is 6.92 Å². The Balaban J connectivity index is 1.72. The van der Waals surface area contributed by atoms with Crippen LogP contribution in [0.3, 0.4) is 0 Å². The first-order valence-electron chi connectivity index (χ1n) is 6.70. The number of carbonyl (C=O) groups excluding carboxylic acids is 1. The van der Waals surface area contributed by atoms with Crippen molar-refractivity contribution in [1.29, 1.82) is 0 Å². The lowest BCUT2D eigenvalue weighted by molar-refractivity contribution is -0.122. The molecule has 1 aliphatic rings. The fourth-order valence-corrected chi connectivity index (χ4v) is 3.27. The van der Waals surface area contributed by atoms with Crippen molar-refractivity contribution in [1.82, 2.24) is 10.3 Å². The molecule has 0 saturated heterocycles. The minimum Gasteiger partial charge on any atom is -0.384 e. The van der Waals surface area contributed by atoms with Crippen molar-refractivity contribution in [2.24, 2.45) is 0 Å². The number of thiazole rings is 1. The maximum atomic E-state index is 12.4. The summed E-state index contributed by atoms with van der Waals surface area (Å²) in [6.45, 7) is 4.60. The van der Waals surface area contributed by atoms with Crippen molar-refractivity contribution in [3.05, 3.63) is 45.9 Å². The van der Waals surface area contributed by atoms with E-state index in [1.54, 1.807) is 11.3 Å². The summed E-state index contributed by atoms with van der Waals surface area (Å²) in [6.07, 6.45) is 0. The maximum absolute atomic E-state index is 12.4. The largest absolute Gasteiger partial charge is 0.384 e. The van der Waals surface area contributed by atoms with Gasteiger partial charge in [-0.15, -0.1) is 11.3 Å². The number of amides is 1. The quantitative estimate of drug-likeness (QED) is 0.912. The highest BCUT2D eigenvalue weighted by Gasteiger charge is 2.29. The van der Waals surface area contributed by atoms with Crippen molar-refractivity contribution in [2.45, 2.75) is 25.8 Å². The van der Waals surface area contributed by atoms with Crippen molar-refractivity contribution in [3.8, 4) is 0 Å². The molecule has 0 fully saturated rings. The van der Waals surface area contributed by atoms with E-state index >= 15 is 0 Å². The molecule has 1 aromatic heterocycles. The molecule has 2 aromatic rings. The molecule has 1 aliphatic heterocycles. The van der Waals surface area contributed by atoms with E-state index in [-0.39, 0.29) is 17.9 Å². The summed E-state index contributed by atoms with van der Waals surface area (Å²) in [6, 6.07) is 7.93. The summed E-state index contributed by atoms with van der Waals surface area (Å²) in [5, 5.41) is 9.29. The summed E-state index contributed by atoms with van der Waals surface area (Å²) in [5.41, 5.74) is 3.14. The molecular formula is C15H17N3OS. The van der Waals surface area contributed by atoms with Crippen LogP contribution in [-0.4, -0.2) is 17.4 Å². The van der Waals surface area contributed by atoms with Crippen LogP contribution in [0.1, 0.15) is 35.1 Å². The van der Waals surface area contributed by atoms with E-state index in [0.29, 0.717) is 6.54 Å². The Morgan fingerprint density at radius 3 is 3.05 bits per heavy atom. The van der Waals surface area contributed by atoms with Crippen LogP contribution in [0.5, 0.6) is 0 Å². The summed E-state index contributed by atoms with van der Waals surface area (Å²) in [7, 11) is 0. The van der Waals surface area contributed by atoms with Crippen LogP contribution in [0.15, 0.2) is 29.6 Å². The Kier molecular flexibility index (Phi) is 3.44.